The fraction of sp³-hybridized carbons (Fsp3) is 0.217. The van der Waals surface area contributed by atoms with Gasteiger partial charge in [0.25, 0.3) is 0 Å². The molecule has 0 spiro atoms. The number of aromatic nitrogens is 3. The summed E-state index contributed by atoms with van der Waals surface area (Å²) in [5, 5.41) is 14.9. The number of benzene rings is 2. The first kappa shape index (κ1) is 20.0. The van der Waals surface area contributed by atoms with Gasteiger partial charge in [-0.3, -0.25) is 0 Å². The number of halogens is 1. The van der Waals surface area contributed by atoms with Crippen LogP contribution in [0.25, 0.3) is 10.9 Å². The zero-order valence-electron chi connectivity index (χ0n) is 17.0. The zero-order valence-corrected chi connectivity index (χ0v) is 17.8. The summed E-state index contributed by atoms with van der Waals surface area (Å²) < 4.78 is 7.05. The van der Waals surface area contributed by atoms with Crippen LogP contribution in [0.2, 0.25) is 5.28 Å². The molecule has 6 nitrogen and oxygen atoms in total. The lowest BCUT2D eigenvalue weighted by Gasteiger charge is -2.21. The van der Waals surface area contributed by atoms with Gasteiger partial charge in [-0.2, -0.15) is 0 Å². The van der Waals surface area contributed by atoms with Crippen LogP contribution >= 0.6 is 11.6 Å². The number of nitrogens with one attached hydrogen (secondary N) is 1. The summed E-state index contributed by atoms with van der Waals surface area (Å²) in [6.07, 6.45) is 1.85. The van der Waals surface area contributed by atoms with Crippen LogP contribution in [-0.2, 0) is 0 Å². The van der Waals surface area contributed by atoms with E-state index in [1.165, 1.54) is 0 Å². The van der Waals surface area contributed by atoms with Crippen LogP contribution in [0.5, 0.6) is 11.6 Å². The minimum atomic E-state index is -0.184. The average Bonchev–Trinajstić information content (AvgIpc) is 3.09. The second-order valence-corrected chi connectivity index (χ2v) is 7.66. The molecule has 2 N–H and O–H groups in total. The van der Waals surface area contributed by atoms with Crippen molar-refractivity contribution in [3.8, 4) is 11.6 Å². The van der Waals surface area contributed by atoms with E-state index in [0.717, 1.165) is 16.9 Å². The van der Waals surface area contributed by atoms with E-state index in [1.807, 2.05) is 62.5 Å². The first-order valence-corrected chi connectivity index (χ1v) is 10.1. The minimum absolute atomic E-state index is 0.0670. The van der Waals surface area contributed by atoms with Gasteiger partial charge in [-0.25, -0.2) is 9.97 Å². The van der Waals surface area contributed by atoms with Crippen LogP contribution in [0.1, 0.15) is 37.1 Å². The van der Waals surface area contributed by atoms with Gasteiger partial charge < -0.3 is 19.7 Å². The Bertz CT molecular complexity index is 1160. The highest BCUT2D eigenvalue weighted by molar-refractivity contribution is 6.29. The summed E-state index contributed by atoms with van der Waals surface area (Å²) in [6, 6.07) is 17.8. The van der Waals surface area contributed by atoms with E-state index in [4.69, 9.17) is 16.3 Å². The predicted molar refractivity (Wildman–Crippen MR) is 119 cm³/mol. The highest BCUT2D eigenvalue weighted by Crippen LogP contribution is 2.36. The van der Waals surface area contributed by atoms with Gasteiger partial charge in [0.2, 0.25) is 11.2 Å². The molecule has 0 aliphatic carbocycles. The molecule has 0 aliphatic rings. The monoisotopic (exact) mass is 422 g/mol. The molecular formula is C23H23ClN4O2. The first-order valence-electron chi connectivity index (χ1n) is 9.70. The smallest absolute Gasteiger partial charge is 0.225 e. The van der Waals surface area contributed by atoms with Gasteiger partial charge >= 0.3 is 0 Å². The van der Waals surface area contributed by atoms with Crippen LogP contribution in [0, 0.1) is 0 Å². The number of ether oxygens (including phenoxy) is 1. The van der Waals surface area contributed by atoms with Crippen molar-refractivity contribution in [3.05, 3.63) is 77.2 Å². The Balaban J connectivity index is 1.83. The lowest BCUT2D eigenvalue weighted by Crippen LogP contribution is -2.14. The third kappa shape index (κ3) is 3.78. The van der Waals surface area contributed by atoms with E-state index in [9.17, 15) is 5.11 Å². The van der Waals surface area contributed by atoms with Crippen LogP contribution < -0.4 is 10.1 Å². The molecule has 1 atom stereocenters. The van der Waals surface area contributed by atoms with Gasteiger partial charge in [0.05, 0.1) is 18.5 Å². The highest BCUT2D eigenvalue weighted by Gasteiger charge is 2.21. The fourth-order valence-electron chi connectivity index (χ4n) is 3.50. The van der Waals surface area contributed by atoms with Gasteiger partial charge in [-0.1, -0.05) is 42.5 Å². The van der Waals surface area contributed by atoms with Gasteiger partial charge in [0.15, 0.2) is 0 Å². The van der Waals surface area contributed by atoms with Crippen molar-refractivity contribution in [2.45, 2.75) is 25.9 Å². The standard InChI is InChI=1S/C23H23ClN4O2/c1-14(2)28-13-18-20(22(28)29)26-23(24)27-21(18)25-19(15-7-5-4-6-8-15)16-9-11-17(30-3)12-10-16/h4-14,19,29H,1-3H3,(H,25,26,27). The number of rotatable bonds is 6. The molecular weight excluding hydrogens is 400 g/mol. The average molecular weight is 423 g/mol. The topological polar surface area (TPSA) is 72.2 Å². The number of methoxy groups -OCH3 is 1. The summed E-state index contributed by atoms with van der Waals surface area (Å²) in [7, 11) is 1.65. The van der Waals surface area contributed by atoms with E-state index in [2.05, 4.69) is 27.4 Å². The zero-order chi connectivity index (χ0) is 21.3. The molecule has 2 heterocycles. The summed E-state index contributed by atoms with van der Waals surface area (Å²) in [6.45, 7) is 3.98. The van der Waals surface area contributed by atoms with Crippen LogP contribution in [0.4, 0.5) is 5.82 Å². The molecule has 0 saturated carbocycles. The Hall–Kier alpha value is -3.25. The van der Waals surface area contributed by atoms with Crippen molar-refractivity contribution in [1.29, 1.82) is 0 Å². The maximum atomic E-state index is 10.6. The molecule has 2 aromatic heterocycles. The molecule has 0 fully saturated rings. The van der Waals surface area contributed by atoms with Crippen LogP contribution in [-0.4, -0.2) is 26.8 Å². The van der Waals surface area contributed by atoms with Crippen molar-refractivity contribution in [2.24, 2.45) is 0 Å². The molecule has 0 saturated heterocycles. The molecule has 0 bridgehead atoms. The Morgan fingerprint density at radius 3 is 2.30 bits per heavy atom. The molecule has 4 rings (SSSR count). The summed E-state index contributed by atoms with van der Waals surface area (Å²) in [5.41, 5.74) is 2.53. The fourth-order valence-corrected chi connectivity index (χ4v) is 3.67. The summed E-state index contributed by atoms with van der Waals surface area (Å²) in [5.74, 6) is 1.43. The van der Waals surface area contributed by atoms with Gasteiger partial charge in [-0.05, 0) is 48.7 Å². The largest absolute Gasteiger partial charge is 0.497 e. The molecule has 0 radical (unpaired) electrons. The minimum Gasteiger partial charge on any atom is -0.497 e. The number of anilines is 1. The Morgan fingerprint density at radius 2 is 1.67 bits per heavy atom. The first-order chi connectivity index (χ1) is 14.5. The number of nitrogens with zero attached hydrogens (tertiary/aromatic N) is 3. The third-order valence-corrected chi connectivity index (χ3v) is 5.23. The van der Waals surface area contributed by atoms with Gasteiger partial charge in [0.1, 0.15) is 17.1 Å². The second kappa shape index (κ2) is 8.24. The van der Waals surface area contributed by atoms with Crippen LogP contribution in [0.15, 0.2) is 60.8 Å². The van der Waals surface area contributed by atoms with E-state index >= 15 is 0 Å². The van der Waals surface area contributed by atoms with E-state index in [1.54, 1.807) is 11.7 Å². The van der Waals surface area contributed by atoms with Crippen molar-refractivity contribution in [1.82, 2.24) is 14.5 Å². The van der Waals surface area contributed by atoms with Crippen molar-refractivity contribution in [3.63, 3.8) is 0 Å². The number of hydrogen-bond acceptors (Lipinski definition) is 5. The molecule has 1 unspecified atom stereocenters. The van der Waals surface area contributed by atoms with E-state index in [0.29, 0.717) is 16.7 Å². The maximum absolute atomic E-state index is 10.6. The Morgan fingerprint density at radius 1 is 1.00 bits per heavy atom. The lowest BCUT2D eigenvalue weighted by atomic mass is 9.98. The van der Waals surface area contributed by atoms with Crippen molar-refractivity contribution in [2.75, 3.05) is 12.4 Å². The second-order valence-electron chi connectivity index (χ2n) is 7.32. The summed E-state index contributed by atoms with van der Waals surface area (Å²) >= 11 is 6.20. The number of aromatic hydroxyl groups is 1. The molecule has 0 aliphatic heterocycles. The molecule has 30 heavy (non-hydrogen) atoms. The van der Waals surface area contributed by atoms with Gasteiger partial charge in [0, 0.05) is 12.2 Å². The number of hydrogen-bond donors (Lipinski definition) is 2. The van der Waals surface area contributed by atoms with Gasteiger partial charge in [-0.15, -0.1) is 0 Å². The van der Waals surface area contributed by atoms with E-state index < -0.39 is 0 Å². The molecule has 0 amide bonds. The summed E-state index contributed by atoms with van der Waals surface area (Å²) in [4.78, 5) is 8.68. The third-order valence-electron chi connectivity index (χ3n) is 5.06. The van der Waals surface area contributed by atoms with Crippen LogP contribution in [0.3, 0.4) is 0 Å². The maximum Gasteiger partial charge on any atom is 0.225 e. The normalized spacial score (nSPS) is 12.3. The molecule has 2 aromatic carbocycles. The quantitative estimate of drug-likeness (QED) is 0.397. The molecule has 7 heteroatoms. The highest BCUT2D eigenvalue weighted by atomic mass is 35.5. The Labute approximate surface area is 180 Å². The SMILES string of the molecule is COc1ccc(C(Nc2nc(Cl)nc3c(O)n(C(C)C)cc23)c2ccccc2)cc1. The molecule has 154 valence electrons. The van der Waals surface area contributed by atoms with Crippen molar-refractivity contribution >= 4 is 28.3 Å². The molecule has 4 aromatic rings. The van der Waals surface area contributed by atoms with E-state index in [-0.39, 0.29) is 23.2 Å². The lowest BCUT2D eigenvalue weighted by molar-refractivity contribution is 0.404. The Kier molecular flexibility index (Phi) is 5.50. The predicted octanol–water partition coefficient (Wildman–Crippen LogP) is 5.58. The number of fused-ring (bicyclic) bond motifs is 1. The van der Waals surface area contributed by atoms with Crippen molar-refractivity contribution < 1.29 is 9.84 Å².